The summed E-state index contributed by atoms with van der Waals surface area (Å²) < 4.78 is 6.96. The van der Waals surface area contributed by atoms with Gasteiger partial charge in [0.15, 0.2) is 6.10 Å². The molecule has 7 nitrogen and oxygen atoms in total. The molecule has 1 atom stereocenters. The molecule has 0 aliphatic rings. The molecule has 0 fully saturated rings. The van der Waals surface area contributed by atoms with E-state index < -0.39 is 18.0 Å². The third-order valence-electron chi connectivity index (χ3n) is 3.83. The van der Waals surface area contributed by atoms with Crippen LogP contribution in [0.1, 0.15) is 24.2 Å². The Bertz CT molecular complexity index is 999. The van der Waals surface area contributed by atoms with E-state index in [0.29, 0.717) is 27.8 Å². The lowest BCUT2D eigenvalue weighted by atomic mass is 10.2. The SMILES string of the molecule is CCn1nnc2cc(C(=O)O[C@H](C)C(=O)Nc3cc(Cl)cc(Cl)c3)ccc21. The van der Waals surface area contributed by atoms with Gasteiger partial charge in [0.1, 0.15) is 5.52 Å². The van der Waals surface area contributed by atoms with Gasteiger partial charge in [0, 0.05) is 22.3 Å². The van der Waals surface area contributed by atoms with Gasteiger partial charge in [-0.3, -0.25) is 4.79 Å². The van der Waals surface area contributed by atoms with Crippen LogP contribution in [0.25, 0.3) is 11.0 Å². The number of carbonyl (C=O) groups is 2. The lowest BCUT2D eigenvalue weighted by Gasteiger charge is -2.14. The van der Waals surface area contributed by atoms with Crippen LogP contribution in [0.2, 0.25) is 10.0 Å². The molecule has 0 saturated heterocycles. The summed E-state index contributed by atoms with van der Waals surface area (Å²) in [5.74, 6) is -1.13. The number of nitrogens with zero attached hydrogens (tertiary/aromatic N) is 3. The molecule has 0 bridgehead atoms. The van der Waals surface area contributed by atoms with Crippen molar-refractivity contribution >= 4 is 51.8 Å². The Balaban J connectivity index is 1.68. The standard InChI is InChI=1S/C18H16Cl2N4O3/c1-3-24-16-5-4-11(6-15(16)22-23-24)18(26)27-10(2)17(25)21-14-8-12(19)7-13(20)9-14/h4-10H,3H2,1-2H3,(H,21,25)/t10-/m1/s1. The first-order valence-electron chi connectivity index (χ1n) is 8.18. The first-order chi connectivity index (χ1) is 12.9. The Morgan fingerprint density at radius 2 is 1.89 bits per heavy atom. The van der Waals surface area contributed by atoms with E-state index in [9.17, 15) is 9.59 Å². The first kappa shape index (κ1) is 19.1. The quantitative estimate of drug-likeness (QED) is 0.648. The van der Waals surface area contributed by atoms with E-state index in [4.69, 9.17) is 27.9 Å². The van der Waals surface area contributed by atoms with Gasteiger partial charge in [-0.25, -0.2) is 9.48 Å². The third-order valence-corrected chi connectivity index (χ3v) is 4.27. The molecule has 0 aliphatic heterocycles. The summed E-state index contributed by atoms with van der Waals surface area (Å²) in [6, 6.07) is 9.58. The first-order valence-corrected chi connectivity index (χ1v) is 8.94. The summed E-state index contributed by atoms with van der Waals surface area (Å²) in [5.41, 5.74) is 2.10. The van der Waals surface area contributed by atoms with Gasteiger partial charge in [-0.15, -0.1) is 5.10 Å². The summed E-state index contributed by atoms with van der Waals surface area (Å²) >= 11 is 11.8. The molecule has 0 aliphatic carbocycles. The summed E-state index contributed by atoms with van der Waals surface area (Å²) in [6.45, 7) is 4.10. The van der Waals surface area contributed by atoms with E-state index in [1.165, 1.54) is 6.92 Å². The van der Waals surface area contributed by atoms with E-state index in [-0.39, 0.29) is 5.56 Å². The third kappa shape index (κ3) is 4.37. The van der Waals surface area contributed by atoms with Crippen molar-refractivity contribution in [1.29, 1.82) is 0 Å². The molecule has 3 aromatic rings. The van der Waals surface area contributed by atoms with Crippen molar-refractivity contribution in [3.63, 3.8) is 0 Å². The van der Waals surface area contributed by atoms with E-state index in [1.54, 1.807) is 41.1 Å². The average molecular weight is 407 g/mol. The average Bonchev–Trinajstić information content (AvgIpc) is 3.02. The van der Waals surface area contributed by atoms with Crippen LogP contribution in [0.15, 0.2) is 36.4 Å². The van der Waals surface area contributed by atoms with Gasteiger partial charge in [0.05, 0.1) is 11.1 Å². The van der Waals surface area contributed by atoms with Crippen LogP contribution in [0.3, 0.4) is 0 Å². The fraction of sp³-hybridized carbons (Fsp3) is 0.222. The predicted molar refractivity (Wildman–Crippen MR) is 103 cm³/mol. The Morgan fingerprint density at radius 1 is 1.19 bits per heavy atom. The number of esters is 1. The Hall–Kier alpha value is -2.64. The number of nitrogens with one attached hydrogen (secondary N) is 1. The maximum atomic E-state index is 12.3. The highest BCUT2D eigenvalue weighted by Crippen LogP contribution is 2.23. The van der Waals surface area contributed by atoms with Crippen molar-refractivity contribution < 1.29 is 14.3 Å². The lowest BCUT2D eigenvalue weighted by molar-refractivity contribution is -0.123. The minimum absolute atomic E-state index is 0.288. The summed E-state index contributed by atoms with van der Waals surface area (Å²) in [4.78, 5) is 24.6. The van der Waals surface area contributed by atoms with Crippen LogP contribution in [-0.4, -0.2) is 33.0 Å². The molecule has 1 heterocycles. The molecule has 0 saturated carbocycles. The molecule has 0 radical (unpaired) electrons. The molecule has 3 rings (SSSR count). The number of amides is 1. The van der Waals surface area contributed by atoms with Gasteiger partial charge in [0.2, 0.25) is 0 Å². The second-order valence-corrected chi connectivity index (χ2v) is 6.68. The predicted octanol–water partition coefficient (Wildman–Crippen LogP) is 3.94. The zero-order valence-corrected chi connectivity index (χ0v) is 16.1. The molecule has 1 aromatic heterocycles. The smallest absolute Gasteiger partial charge is 0.338 e. The van der Waals surface area contributed by atoms with E-state index in [0.717, 1.165) is 5.52 Å². The van der Waals surface area contributed by atoms with Crippen molar-refractivity contribution in [3.05, 3.63) is 52.0 Å². The highest BCUT2D eigenvalue weighted by Gasteiger charge is 2.20. The fourth-order valence-corrected chi connectivity index (χ4v) is 3.01. The van der Waals surface area contributed by atoms with Crippen LogP contribution in [0.4, 0.5) is 5.69 Å². The molecular formula is C18H16Cl2N4O3. The molecule has 1 N–H and O–H groups in total. The number of ether oxygens (including phenoxy) is 1. The zero-order chi connectivity index (χ0) is 19.6. The Kier molecular flexibility index (Phi) is 5.62. The number of aryl methyl sites for hydroxylation is 1. The van der Waals surface area contributed by atoms with Gasteiger partial charge in [-0.1, -0.05) is 28.4 Å². The molecule has 0 spiro atoms. The van der Waals surface area contributed by atoms with E-state index in [1.807, 2.05) is 6.92 Å². The van der Waals surface area contributed by atoms with E-state index >= 15 is 0 Å². The van der Waals surface area contributed by atoms with Gasteiger partial charge in [-0.05, 0) is 50.2 Å². The number of hydrogen-bond donors (Lipinski definition) is 1. The second-order valence-electron chi connectivity index (χ2n) is 5.80. The molecule has 0 unspecified atom stereocenters. The normalized spacial score (nSPS) is 12.0. The Morgan fingerprint density at radius 3 is 2.56 bits per heavy atom. The highest BCUT2D eigenvalue weighted by molar-refractivity contribution is 6.35. The molecule has 2 aromatic carbocycles. The van der Waals surface area contributed by atoms with Crippen LogP contribution in [0, 0.1) is 0 Å². The summed E-state index contributed by atoms with van der Waals surface area (Å²) in [6.07, 6.45) is -1.02. The second kappa shape index (κ2) is 7.94. The van der Waals surface area contributed by atoms with Gasteiger partial charge in [0.25, 0.3) is 5.91 Å². The fourth-order valence-electron chi connectivity index (χ4n) is 2.48. The van der Waals surface area contributed by atoms with Crippen molar-refractivity contribution in [1.82, 2.24) is 15.0 Å². The maximum Gasteiger partial charge on any atom is 0.338 e. The zero-order valence-electron chi connectivity index (χ0n) is 14.6. The Labute approximate surface area is 165 Å². The van der Waals surface area contributed by atoms with Crippen molar-refractivity contribution in [2.24, 2.45) is 0 Å². The largest absolute Gasteiger partial charge is 0.449 e. The number of hydrogen-bond acceptors (Lipinski definition) is 5. The molecule has 27 heavy (non-hydrogen) atoms. The maximum absolute atomic E-state index is 12.3. The number of rotatable bonds is 5. The minimum Gasteiger partial charge on any atom is -0.449 e. The van der Waals surface area contributed by atoms with Crippen LogP contribution in [0.5, 0.6) is 0 Å². The number of anilines is 1. The van der Waals surface area contributed by atoms with E-state index in [2.05, 4.69) is 15.6 Å². The molecule has 9 heteroatoms. The highest BCUT2D eigenvalue weighted by atomic mass is 35.5. The van der Waals surface area contributed by atoms with Crippen molar-refractivity contribution in [2.45, 2.75) is 26.5 Å². The molecular weight excluding hydrogens is 391 g/mol. The van der Waals surface area contributed by atoms with Crippen LogP contribution in [-0.2, 0) is 16.1 Å². The van der Waals surface area contributed by atoms with Crippen LogP contribution >= 0.6 is 23.2 Å². The minimum atomic E-state index is -1.02. The summed E-state index contributed by atoms with van der Waals surface area (Å²) in [5, 5.41) is 11.4. The van der Waals surface area contributed by atoms with Gasteiger partial charge < -0.3 is 10.1 Å². The molecule has 1 amide bonds. The van der Waals surface area contributed by atoms with Crippen LogP contribution < -0.4 is 5.32 Å². The summed E-state index contributed by atoms with van der Waals surface area (Å²) in [7, 11) is 0. The number of aromatic nitrogens is 3. The monoisotopic (exact) mass is 406 g/mol. The van der Waals surface area contributed by atoms with Crippen molar-refractivity contribution in [2.75, 3.05) is 5.32 Å². The topological polar surface area (TPSA) is 86.1 Å². The van der Waals surface area contributed by atoms with Gasteiger partial charge >= 0.3 is 5.97 Å². The number of fused-ring (bicyclic) bond motifs is 1. The number of carbonyl (C=O) groups excluding carboxylic acids is 2. The molecule has 140 valence electrons. The number of benzene rings is 2. The van der Waals surface area contributed by atoms with Crippen molar-refractivity contribution in [3.8, 4) is 0 Å². The van der Waals surface area contributed by atoms with Gasteiger partial charge in [-0.2, -0.15) is 0 Å². The lowest BCUT2D eigenvalue weighted by Crippen LogP contribution is -2.30. The number of halogens is 2.